The summed E-state index contributed by atoms with van der Waals surface area (Å²) in [4.78, 5) is 26.4. The van der Waals surface area contributed by atoms with Gasteiger partial charge in [-0.1, -0.05) is 0 Å². The van der Waals surface area contributed by atoms with Crippen molar-refractivity contribution in [2.24, 2.45) is 7.05 Å². The van der Waals surface area contributed by atoms with Crippen molar-refractivity contribution in [3.8, 4) is 11.5 Å². The number of aryl methyl sites for hydroxylation is 2. The molecule has 0 bridgehead atoms. The number of likely N-dealkylation sites (N-methyl/N-ethyl adjacent to an activating group) is 1. The van der Waals surface area contributed by atoms with Crippen LogP contribution in [0.1, 0.15) is 30.8 Å². The van der Waals surface area contributed by atoms with E-state index in [1.807, 2.05) is 34.7 Å². The van der Waals surface area contributed by atoms with Crippen LogP contribution in [0.25, 0.3) is 0 Å². The Morgan fingerprint density at radius 2 is 1.79 bits per heavy atom. The first kappa shape index (κ1) is 22.3. The van der Waals surface area contributed by atoms with Crippen molar-refractivity contribution in [1.82, 2.24) is 14.7 Å². The molecule has 0 radical (unpaired) electrons. The summed E-state index contributed by atoms with van der Waals surface area (Å²) < 4.78 is 12.9. The largest absolute Gasteiger partial charge is 0.490 e. The van der Waals surface area contributed by atoms with Gasteiger partial charge in [-0.15, -0.1) is 0 Å². The molecule has 1 heterocycles. The first-order chi connectivity index (χ1) is 13.8. The van der Waals surface area contributed by atoms with Crippen LogP contribution >= 0.6 is 0 Å². The normalized spacial score (nSPS) is 10.6. The zero-order valence-electron chi connectivity index (χ0n) is 18.0. The van der Waals surface area contributed by atoms with E-state index in [0.29, 0.717) is 30.4 Å². The van der Waals surface area contributed by atoms with E-state index < -0.39 is 0 Å². The molecule has 1 N–H and O–H groups in total. The van der Waals surface area contributed by atoms with E-state index in [1.165, 1.54) is 4.90 Å². The number of hydrogen-bond donors (Lipinski definition) is 1. The van der Waals surface area contributed by atoms with E-state index in [-0.39, 0.29) is 24.8 Å². The highest BCUT2D eigenvalue weighted by Gasteiger charge is 2.18. The molecule has 2 amide bonds. The van der Waals surface area contributed by atoms with Crippen LogP contribution in [0.3, 0.4) is 0 Å². The van der Waals surface area contributed by atoms with Crippen molar-refractivity contribution in [3.63, 3.8) is 0 Å². The van der Waals surface area contributed by atoms with Crippen LogP contribution in [0.5, 0.6) is 11.5 Å². The van der Waals surface area contributed by atoms with E-state index in [9.17, 15) is 9.59 Å². The Kier molecular flexibility index (Phi) is 7.64. The topological polar surface area (TPSA) is 85.7 Å². The lowest BCUT2D eigenvalue weighted by Crippen LogP contribution is -2.36. The summed E-state index contributed by atoms with van der Waals surface area (Å²) in [7, 11) is 3.47. The van der Waals surface area contributed by atoms with E-state index in [1.54, 1.807) is 29.9 Å². The Morgan fingerprint density at radius 3 is 2.38 bits per heavy atom. The molecule has 29 heavy (non-hydrogen) atoms. The van der Waals surface area contributed by atoms with Gasteiger partial charge in [0.1, 0.15) is 0 Å². The third kappa shape index (κ3) is 5.73. The predicted octanol–water partition coefficient (Wildman–Crippen LogP) is 2.47. The van der Waals surface area contributed by atoms with E-state index in [2.05, 4.69) is 10.4 Å². The summed E-state index contributed by atoms with van der Waals surface area (Å²) in [6.07, 6.45) is 0.215. The summed E-state index contributed by atoms with van der Waals surface area (Å²) in [5.74, 6) is 0.772. The van der Waals surface area contributed by atoms with Gasteiger partial charge in [-0.05, 0) is 39.8 Å². The lowest BCUT2D eigenvalue weighted by Gasteiger charge is -2.18. The summed E-state index contributed by atoms with van der Waals surface area (Å²) in [5, 5.41) is 7.13. The molecule has 0 saturated heterocycles. The third-order valence-corrected chi connectivity index (χ3v) is 4.62. The number of rotatable bonds is 9. The van der Waals surface area contributed by atoms with Crippen molar-refractivity contribution in [2.75, 3.05) is 32.1 Å². The summed E-state index contributed by atoms with van der Waals surface area (Å²) in [6, 6.07) is 5.22. The van der Waals surface area contributed by atoms with Gasteiger partial charge in [0.25, 0.3) is 0 Å². The van der Waals surface area contributed by atoms with Crippen LogP contribution in [-0.4, -0.2) is 53.3 Å². The Bertz CT molecular complexity index is 876. The van der Waals surface area contributed by atoms with Crippen LogP contribution in [0.4, 0.5) is 5.69 Å². The fourth-order valence-electron chi connectivity index (χ4n) is 2.99. The summed E-state index contributed by atoms with van der Waals surface area (Å²) in [5.41, 5.74) is 3.26. The predicted molar refractivity (Wildman–Crippen MR) is 111 cm³/mol. The molecule has 0 aliphatic rings. The number of nitrogens with zero attached hydrogens (tertiary/aromatic N) is 3. The van der Waals surface area contributed by atoms with Crippen LogP contribution in [-0.2, 0) is 23.1 Å². The van der Waals surface area contributed by atoms with Crippen LogP contribution < -0.4 is 14.8 Å². The number of nitrogens with one attached hydrogen (secondary N) is 1. The zero-order valence-corrected chi connectivity index (χ0v) is 18.0. The van der Waals surface area contributed by atoms with Gasteiger partial charge in [-0.2, -0.15) is 5.10 Å². The van der Waals surface area contributed by atoms with Crippen molar-refractivity contribution >= 4 is 17.5 Å². The number of carbonyl (C=O) groups is 2. The molecule has 0 saturated carbocycles. The Hall–Kier alpha value is -3.03. The molecule has 8 heteroatoms. The van der Waals surface area contributed by atoms with Gasteiger partial charge < -0.3 is 19.7 Å². The molecule has 0 fully saturated rings. The molecule has 2 rings (SSSR count). The molecular formula is C21H30N4O4. The maximum Gasteiger partial charge on any atom is 0.243 e. The molecule has 0 aliphatic heterocycles. The number of carbonyl (C=O) groups excluding carboxylic acids is 2. The Balaban J connectivity index is 1.99. The Labute approximate surface area is 171 Å². The zero-order chi connectivity index (χ0) is 21.6. The van der Waals surface area contributed by atoms with Crippen molar-refractivity contribution in [3.05, 3.63) is 35.2 Å². The molecule has 0 atom stereocenters. The van der Waals surface area contributed by atoms with Crippen molar-refractivity contribution in [2.45, 2.75) is 34.1 Å². The molecule has 0 spiro atoms. The maximum absolute atomic E-state index is 12.5. The van der Waals surface area contributed by atoms with Crippen molar-refractivity contribution in [1.29, 1.82) is 0 Å². The fraction of sp³-hybridized carbons (Fsp3) is 0.476. The lowest BCUT2D eigenvalue weighted by atomic mass is 10.1. The standard InChI is InChI=1S/C21H30N4O4/c1-7-28-18-10-9-16(11-19(18)29-8-2)22-20(26)13-24(5)21(27)12-17-14(3)23-25(6)15(17)4/h9-11H,7-8,12-13H2,1-6H3,(H,22,26). The maximum atomic E-state index is 12.5. The molecule has 2 aromatic rings. The monoisotopic (exact) mass is 402 g/mol. The van der Waals surface area contributed by atoms with Crippen molar-refractivity contribution < 1.29 is 19.1 Å². The number of hydrogen-bond acceptors (Lipinski definition) is 5. The molecule has 158 valence electrons. The first-order valence-corrected chi connectivity index (χ1v) is 9.69. The molecule has 1 aromatic carbocycles. The summed E-state index contributed by atoms with van der Waals surface area (Å²) >= 11 is 0. The van der Waals surface area contributed by atoms with Gasteiger partial charge in [0.15, 0.2) is 11.5 Å². The van der Waals surface area contributed by atoms with Gasteiger partial charge in [0, 0.05) is 37.1 Å². The highest BCUT2D eigenvalue weighted by atomic mass is 16.5. The fourth-order valence-corrected chi connectivity index (χ4v) is 2.99. The molecule has 0 unspecified atom stereocenters. The SMILES string of the molecule is CCOc1ccc(NC(=O)CN(C)C(=O)Cc2c(C)nn(C)c2C)cc1OCC. The van der Waals surface area contributed by atoms with Gasteiger partial charge in [0.2, 0.25) is 11.8 Å². The second-order valence-electron chi connectivity index (χ2n) is 6.78. The minimum absolute atomic E-state index is 0.0473. The number of benzene rings is 1. The van der Waals surface area contributed by atoms with Crippen LogP contribution in [0.15, 0.2) is 18.2 Å². The van der Waals surface area contributed by atoms with Gasteiger partial charge in [-0.25, -0.2) is 0 Å². The number of aromatic nitrogens is 2. The smallest absolute Gasteiger partial charge is 0.243 e. The van der Waals surface area contributed by atoms with Gasteiger partial charge >= 0.3 is 0 Å². The minimum Gasteiger partial charge on any atom is -0.490 e. The summed E-state index contributed by atoms with van der Waals surface area (Å²) in [6.45, 7) is 8.55. The number of ether oxygens (including phenoxy) is 2. The van der Waals surface area contributed by atoms with Crippen LogP contribution in [0.2, 0.25) is 0 Å². The molecule has 1 aromatic heterocycles. The highest BCUT2D eigenvalue weighted by Crippen LogP contribution is 2.30. The third-order valence-electron chi connectivity index (χ3n) is 4.62. The van der Waals surface area contributed by atoms with Gasteiger partial charge in [-0.3, -0.25) is 14.3 Å². The second-order valence-corrected chi connectivity index (χ2v) is 6.78. The second kappa shape index (κ2) is 9.95. The molecular weight excluding hydrogens is 372 g/mol. The van der Waals surface area contributed by atoms with Gasteiger partial charge in [0.05, 0.1) is 31.9 Å². The lowest BCUT2D eigenvalue weighted by molar-refractivity contribution is -0.132. The first-order valence-electron chi connectivity index (χ1n) is 9.69. The quantitative estimate of drug-likeness (QED) is 0.696. The molecule has 8 nitrogen and oxygen atoms in total. The minimum atomic E-state index is -0.285. The molecule has 0 aliphatic carbocycles. The highest BCUT2D eigenvalue weighted by molar-refractivity contribution is 5.95. The van der Waals surface area contributed by atoms with E-state index in [0.717, 1.165) is 17.0 Å². The van der Waals surface area contributed by atoms with E-state index >= 15 is 0 Å². The average molecular weight is 402 g/mol. The Morgan fingerprint density at radius 1 is 1.14 bits per heavy atom. The number of anilines is 1. The van der Waals surface area contributed by atoms with Crippen LogP contribution in [0, 0.1) is 13.8 Å². The number of amides is 2. The van der Waals surface area contributed by atoms with E-state index in [4.69, 9.17) is 9.47 Å². The average Bonchev–Trinajstić information content (AvgIpc) is 2.90.